The van der Waals surface area contributed by atoms with E-state index in [1.807, 2.05) is 18.2 Å². The van der Waals surface area contributed by atoms with Crippen molar-refractivity contribution in [3.63, 3.8) is 0 Å². The van der Waals surface area contributed by atoms with Crippen molar-refractivity contribution >= 4 is 23.2 Å². The highest BCUT2D eigenvalue weighted by Gasteiger charge is 2.29. The van der Waals surface area contributed by atoms with Gasteiger partial charge in [-0.25, -0.2) is 4.39 Å². The average Bonchev–Trinajstić information content (AvgIpc) is 2.41. The van der Waals surface area contributed by atoms with E-state index in [-0.39, 0.29) is 10.8 Å². The molecule has 0 spiro atoms. The van der Waals surface area contributed by atoms with Crippen molar-refractivity contribution in [2.24, 2.45) is 0 Å². The van der Waals surface area contributed by atoms with Crippen LogP contribution < -0.4 is 5.32 Å². The van der Waals surface area contributed by atoms with E-state index in [9.17, 15) is 4.39 Å². The van der Waals surface area contributed by atoms with Crippen LogP contribution in [0, 0.1) is 5.82 Å². The van der Waals surface area contributed by atoms with Gasteiger partial charge in [-0.15, -0.1) is 0 Å². The van der Waals surface area contributed by atoms with Gasteiger partial charge < -0.3 is 5.32 Å². The van der Waals surface area contributed by atoms with Gasteiger partial charge in [0.15, 0.2) is 0 Å². The van der Waals surface area contributed by atoms with E-state index in [0.717, 1.165) is 23.4 Å². The molecule has 1 aliphatic carbocycles. The first-order chi connectivity index (χ1) is 10.1. The number of rotatable bonds is 4. The molecule has 0 heterocycles. The van der Waals surface area contributed by atoms with Crippen LogP contribution in [-0.4, -0.2) is 6.04 Å². The van der Waals surface area contributed by atoms with Crippen molar-refractivity contribution in [1.29, 1.82) is 0 Å². The predicted octanol–water partition coefficient (Wildman–Crippen LogP) is 5.17. The Morgan fingerprint density at radius 2 is 1.90 bits per heavy atom. The first-order valence-corrected chi connectivity index (χ1v) is 7.80. The maximum absolute atomic E-state index is 13.1. The Morgan fingerprint density at radius 3 is 2.62 bits per heavy atom. The van der Waals surface area contributed by atoms with Crippen LogP contribution in [0.4, 0.5) is 4.39 Å². The predicted molar refractivity (Wildman–Crippen MR) is 85.5 cm³/mol. The van der Waals surface area contributed by atoms with E-state index in [1.165, 1.54) is 11.6 Å². The summed E-state index contributed by atoms with van der Waals surface area (Å²) < 4.78 is 13.1. The van der Waals surface area contributed by atoms with Gasteiger partial charge in [0.25, 0.3) is 0 Å². The van der Waals surface area contributed by atoms with Gasteiger partial charge in [-0.3, -0.25) is 0 Å². The molecule has 1 fully saturated rings. The normalized spacial score (nSPS) is 21.1. The Morgan fingerprint density at radius 1 is 1.10 bits per heavy atom. The van der Waals surface area contributed by atoms with Crippen LogP contribution >= 0.6 is 23.2 Å². The Hall–Kier alpha value is -1.09. The number of nitrogens with one attached hydrogen (secondary N) is 1. The molecule has 0 unspecified atom stereocenters. The third-order valence-electron chi connectivity index (χ3n) is 4.04. The van der Waals surface area contributed by atoms with Crippen LogP contribution in [0.25, 0.3) is 0 Å². The molecule has 0 aliphatic heterocycles. The summed E-state index contributed by atoms with van der Waals surface area (Å²) in [5.41, 5.74) is 2.32. The second-order valence-electron chi connectivity index (χ2n) is 5.55. The smallest absolute Gasteiger partial charge is 0.141 e. The molecule has 2 aromatic carbocycles. The maximum Gasteiger partial charge on any atom is 0.141 e. The largest absolute Gasteiger partial charge is 0.310 e. The van der Waals surface area contributed by atoms with E-state index in [2.05, 4.69) is 11.4 Å². The molecule has 2 aromatic rings. The van der Waals surface area contributed by atoms with Crippen molar-refractivity contribution in [2.75, 3.05) is 0 Å². The number of hydrogen-bond donors (Lipinski definition) is 1. The van der Waals surface area contributed by atoms with Crippen molar-refractivity contribution in [3.8, 4) is 0 Å². The lowest BCUT2D eigenvalue weighted by atomic mass is 9.76. The molecule has 3 rings (SSSR count). The summed E-state index contributed by atoms with van der Waals surface area (Å²) in [5.74, 6) is 0.211. The van der Waals surface area contributed by atoms with Gasteiger partial charge in [-0.05, 0) is 54.2 Å². The molecule has 0 amide bonds. The minimum atomic E-state index is -0.370. The van der Waals surface area contributed by atoms with Crippen molar-refractivity contribution in [1.82, 2.24) is 5.32 Å². The summed E-state index contributed by atoms with van der Waals surface area (Å²) in [4.78, 5) is 0. The van der Waals surface area contributed by atoms with Crippen LogP contribution in [0.5, 0.6) is 0 Å². The molecule has 21 heavy (non-hydrogen) atoms. The van der Waals surface area contributed by atoms with Crippen LogP contribution in [-0.2, 0) is 6.54 Å². The molecular formula is C17H16Cl2FN. The minimum Gasteiger partial charge on any atom is -0.310 e. The second kappa shape index (κ2) is 6.35. The van der Waals surface area contributed by atoms with Crippen LogP contribution in [0.2, 0.25) is 10.0 Å². The molecule has 1 aliphatic rings. The lowest BCUT2D eigenvalue weighted by Crippen LogP contribution is -2.39. The summed E-state index contributed by atoms with van der Waals surface area (Å²) in [6, 6.07) is 13.4. The Bertz CT molecular complexity index is 638. The van der Waals surface area contributed by atoms with Gasteiger partial charge in [-0.1, -0.05) is 41.4 Å². The Labute approximate surface area is 134 Å². The quantitative estimate of drug-likeness (QED) is 0.818. The highest BCUT2D eigenvalue weighted by molar-refractivity contribution is 6.31. The van der Waals surface area contributed by atoms with Gasteiger partial charge in [0.05, 0.1) is 5.02 Å². The zero-order valence-corrected chi connectivity index (χ0v) is 13.0. The third kappa shape index (κ3) is 3.57. The maximum atomic E-state index is 13.1. The van der Waals surface area contributed by atoms with Crippen LogP contribution in [0.3, 0.4) is 0 Å². The van der Waals surface area contributed by atoms with E-state index in [4.69, 9.17) is 23.2 Å². The zero-order chi connectivity index (χ0) is 14.8. The first-order valence-electron chi connectivity index (χ1n) is 7.04. The molecule has 0 saturated heterocycles. The van der Waals surface area contributed by atoms with E-state index in [0.29, 0.717) is 18.5 Å². The van der Waals surface area contributed by atoms with Crippen molar-refractivity contribution < 1.29 is 4.39 Å². The highest BCUT2D eigenvalue weighted by atomic mass is 35.5. The topological polar surface area (TPSA) is 12.0 Å². The van der Waals surface area contributed by atoms with Gasteiger partial charge in [-0.2, -0.15) is 0 Å². The fraction of sp³-hybridized carbons (Fsp3) is 0.294. The summed E-state index contributed by atoms with van der Waals surface area (Å²) in [6.45, 7) is 0.715. The fourth-order valence-corrected chi connectivity index (χ4v) is 3.13. The third-order valence-corrected chi connectivity index (χ3v) is 4.56. The molecule has 0 aromatic heterocycles. The Balaban J connectivity index is 1.50. The molecule has 0 bridgehead atoms. The fourth-order valence-electron chi connectivity index (χ4n) is 2.73. The van der Waals surface area contributed by atoms with E-state index >= 15 is 0 Å². The molecule has 0 atom stereocenters. The number of halogens is 3. The second-order valence-corrected chi connectivity index (χ2v) is 6.39. The van der Waals surface area contributed by atoms with Gasteiger partial charge in [0.1, 0.15) is 5.82 Å². The zero-order valence-electron chi connectivity index (χ0n) is 11.5. The minimum absolute atomic E-state index is 0.180. The SMILES string of the molecule is Fc1ccc(CNC2CC(c3cccc(Cl)c3)C2)cc1Cl. The standard InChI is InChI=1S/C17H16Cl2FN/c18-14-3-1-2-12(7-14)13-8-15(9-13)21-10-11-4-5-17(20)16(19)6-11/h1-7,13,15,21H,8-10H2. The molecule has 4 heteroatoms. The monoisotopic (exact) mass is 323 g/mol. The lowest BCUT2D eigenvalue weighted by Gasteiger charge is -2.36. The molecule has 1 nitrogen and oxygen atoms in total. The number of hydrogen-bond acceptors (Lipinski definition) is 1. The van der Waals surface area contributed by atoms with Gasteiger partial charge >= 0.3 is 0 Å². The van der Waals surface area contributed by atoms with E-state index in [1.54, 1.807) is 12.1 Å². The summed E-state index contributed by atoms with van der Waals surface area (Å²) in [6.07, 6.45) is 2.21. The highest BCUT2D eigenvalue weighted by Crippen LogP contribution is 2.37. The number of benzene rings is 2. The van der Waals surface area contributed by atoms with Gasteiger partial charge in [0, 0.05) is 17.6 Å². The molecule has 110 valence electrons. The van der Waals surface area contributed by atoms with Gasteiger partial charge in [0.2, 0.25) is 0 Å². The van der Waals surface area contributed by atoms with E-state index < -0.39 is 0 Å². The molecule has 1 saturated carbocycles. The Kier molecular flexibility index (Phi) is 4.48. The average molecular weight is 324 g/mol. The van der Waals surface area contributed by atoms with Crippen LogP contribution in [0.1, 0.15) is 29.9 Å². The summed E-state index contributed by atoms with van der Waals surface area (Å²) in [7, 11) is 0. The summed E-state index contributed by atoms with van der Waals surface area (Å²) >= 11 is 11.8. The van der Waals surface area contributed by atoms with Crippen LogP contribution in [0.15, 0.2) is 42.5 Å². The molecule has 0 radical (unpaired) electrons. The first kappa shape index (κ1) is 14.8. The van der Waals surface area contributed by atoms with Crippen molar-refractivity contribution in [3.05, 3.63) is 69.5 Å². The lowest BCUT2D eigenvalue weighted by molar-refractivity contribution is 0.289. The molecule has 1 N–H and O–H groups in total. The molecular weight excluding hydrogens is 308 g/mol. The summed E-state index contributed by atoms with van der Waals surface area (Å²) in [5, 5.41) is 4.46. The van der Waals surface area contributed by atoms with Crippen molar-refractivity contribution in [2.45, 2.75) is 31.3 Å².